The summed E-state index contributed by atoms with van der Waals surface area (Å²) in [5, 5.41) is 4.13. The molecule has 19 heavy (non-hydrogen) atoms. The first-order chi connectivity index (χ1) is 9.24. The monoisotopic (exact) mass is 274 g/mol. The van der Waals surface area contributed by atoms with Crippen LogP contribution < -0.4 is 15.8 Å². The van der Waals surface area contributed by atoms with Crippen molar-refractivity contribution in [1.82, 2.24) is 0 Å². The van der Waals surface area contributed by atoms with Gasteiger partial charge in [0, 0.05) is 17.0 Å². The maximum Gasteiger partial charge on any atom is 0.124 e. The lowest BCUT2D eigenvalue weighted by Gasteiger charge is -2.28. The van der Waals surface area contributed by atoms with Gasteiger partial charge in [-0.05, 0) is 24.3 Å². The SMILES string of the molecule is Nc1ccc(Cl)cc1NC1CCOc2ccccc21. The molecule has 0 fully saturated rings. The first-order valence-electron chi connectivity index (χ1n) is 6.27. The van der Waals surface area contributed by atoms with Crippen molar-refractivity contribution in [2.24, 2.45) is 0 Å². The van der Waals surface area contributed by atoms with E-state index < -0.39 is 0 Å². The van der Waals surface area contributed by atoms with Gasteiger partial charge >= 0.3 is 0 Å². The molecule has 1 heterocycles. The van der Waals surface area contributed by atoms with Gasteiger partial charge < -0.3 is 15.8 Å². The van der Waals surface area contributed by atoms with Gasteiger partial charge in [-0.2, -0.15) is 0 Å². The van der Waals surface area contributed by atoms with E-state index in [4.69, 9.17) is 22.1 Å². The van der Waals surface area contributed by atoms with Crippen LogP contribution in [0.2, 0.25) is 5.02 Å². The number of benzene rings is 2. The molecule has 1 atom stereocenters. The van der Waals surface area contributed by atoms with Crippen LogP contribution in [-0.2, 0) is 0 Å². The van der Waals surface area contributed by atoms with Crippen LogP contribution >= 0.6 is 11.6 Å². The van der Waals surface area contributed by atoms with Crippen LogP contribution in [0, 0.1) is 0 Å². The molecule has 98 valence electrons. The van der Waals surface area contributed by atoms with E-state index in [0.717, 1.165) is 23.4 Å². The first-order valence-corrected chi connectivity index (χ1v) is 6.65. The lowest BCUT2D eigenvalue weighted by Crippen LogP contribution is -2.20. The minimum Gasteiger partial charge on any atom is -0.493 e. The summed E-state index contributed by atoms with van der Waals surface area (Å²) in [4.78, 5) is 0. The van der Waals surface area contributed by atoms with Crippen LogP contribution in [0.1, 0.15) is 18.0 Å². The van der Waals surface area contributed by atoms with E-state index in [-0.39, 0.29) is 6.04 Å². The number of rotatable bonds is 2. The van der Waals surface area contributed by atoms with Gasteiger partial charge in [0.1, 0.15) is 5.75 Å². The molecule has 0 aliphatic carbocycles. The van der Waals surface area contributed by atoms with Crippen LogP contribution in [-0.4, -0.2) is 6.61 Å². The van der Waals surface area contributed by atoms with E-state index in [1.807, 2.05) is 30.3 Å². The van der Waals surface area contributed by atoms with Gasteiger partial charge in [0.2, 0.25) is 0 Å². The molecule has 1 aliphatic heterocycles. The topological polar surface area (TPSA) is 47.3 Å². The molecule has 3 rings (SSSR count). The molecule has 2 aromatic carbocycles. The molecule has 3 N–H and O–H groups in total. The predicted molar refractivity (Wildman–Crippen MR) is 78.8 cm³/mol. The first kappa shape index (κ1) is 12.2. The summed E-state index contributed by atoms with van der Waals surface area (Å²) in [5.41, 5.74) is 8.71. The Labute approximate surface area is 117 Å². The summed E-state index contributed by atoms with van der Waals surface area (Å²) < 4.78 is 5.65. The lowest BCUT2D eigenvalue weighted by atomic mass is 10.00. The average molecular weight is 275 g/mol. The fraction of sp³-hybridized carbons (Fsp3) is 0.200. The molecule has 4 heteroatoms. The second-order valence-corrected chi connectivity index (χ2v) is 5.04. The average Bonchev–Trinajstić information content (AvgIpc) is 2.43. The second kappa shape index (κ2) is 5.02. The third kappa shape index (κ3) is 2.47. The van der Waals surface area contributed by atoms with E-state index in [2.05, 4.69) is 11.4 Å². The molecular weight excluding hydrogens is 260 g/mol. The highest BCUT2D eigenvalue weighted by Crippen LogP contribution is 2.35. The number of nitrogens with one attached hydrogen (secondary N) is 1. The zero-order chi connectivity index (χ0) is 13.2. The zero-order valence-electron chi connectivity index (χ0n) is 10.4. The van der Waals surface area contributed by atoms with Crippen LogP contribution in [0.5, 0.6) is 5.75 Å². The summed E-state index contributed by atoms with van der Waals surface area (Å²) in [6.07, 6.45) is 0.906. The highest BCUT2D eigenvalue weighted by Gasteiger charge is 2.21. The van der Waals surface area contributed by atoms with Crippen LogP contribution in [0.15, 0.2) is 42.5 Å². The number of anilines is 2. The summed E-state index contributed by atoms with van der Waals surface area (Å²) >= 11 is 6.01. The molecular formula is C15H15ClN2O. The van der Waals surface area contributed by atoms with Gasteiger partial charge in [-0.25, -0.2) is 0 Å². The fourth-order valence-corrected chi connectivity index (χ4v) is 2.51. The van der Waals surface area contributed by atoms with E-state index >= 15 is 0 Å². The van der Waals surface area contributed by atoms with Gasteiger partial charge in [-0.3, -0.25) is 0 Å². The summed E-state index contributed by atoms with van der Waals surface area (Å²) in [6, 6.07) is 13.7. The van der Waals surface area contributed by atoms with Crippen LogP contribution in [0.25, 0.3) is 0 Å². The Morgan fingerprint density at radius 2 is 2.05 bits per heavy atom. The van der Waals surface area contributed by atoms with Crippen LogP contribution in [0.3, 0.4) is 0 Å². The van der Waals surface area contributed by atoms with Crippen molar-refractivity contribution in [3.63, 3.8) is 0 Å². The van der Waals surface area contributed by atoms with Gasteiger partial charge in [0.15, 0.2) is 0 Å². The van der Waals surface area contributed by atoms with Crippen molar-refractivity contribution >= 4 is 23.0 Å². The highest BCUT2D eigenvalue weighted by atomic mass is 35.5. The van der Waals surface area contributed by atoms with Gasteiger partial charge in [-0.15, -0.1) is 0 Å². The quantitative estimate of drug-likeness (QED) is 0.818. The van der Waals surface area contributed by atoms with Crippen molar-refractivity contribution in [3.8, 4) is 5.75 Å². The Bertz CT molecular complexity index is 600. The van der Waals surface area contributed by atoms with Crippen molar-refractivity contribution in [1.29, 1.82) is 0 Å². The lowest BCUT2D eigenvalue weighted by molar-refractivity contribution is 0.274. The molecule has 0 aromatic heterocycles. The summed E-state index contributed by atoms with van der Waals surface area (Å²) in [7, 11) is 0. The Hall–Kier alpha value is -1.87. The van der Waals surface area contributed by atoms with Crippen molar-refractivity contribution < 1.29 is 4.74 Å². The second-order valence-electron chi connectivity index (χ2n) is 4.60. The molecule has 2 aromatic rings. The number of hydrogen-bond donors (Lipinski definition) is 2. The number of fused-ring (bicyclic) bond motifs is 1. The molecule has 0 bridgehead atoms. The van der Waals surface area contributed by atoms with Crippen molar-refractivity contribution in [2.45, 2.75) is 12.5 Å². The standard InChI is InChI=1S/C15H15ClN2O/c16-10-5-6-12(17)14(9-10)18-13-7-8-19-15-4-2-1-3-11(13)15/h1-6,9,13,18H,7-8,17H2. The Morgan fingerprint density at radius 3 is 2.95 bits per heavy atom. The maximum absolute atomic E-state index is 6.01. The molecule has 0 amide bonds. The number of halogens is 1. The van der Waals surface area contributed by atoms with Crippen molar-refractivity contribution in [3.05, 3.63) is 53.1 Å². The molecule has 1 unspecified atom stereocenters. The minimum absolute atomic E-state index is 0.200. The Kier molecular flexibility index (Phi) is 3.22. The molecule has 0 saturated carbocycles. The van der Waals surface area contributed by atoms with Gasteiger partial charge in [0.25, 0.3) is 0 Å². The number of para-hydroxylation sites is 1. The molecule has 1 aliphatic rings. The van der Waals surface area contributed by atoms with E-state index in [0.29, 0.717) is 17.3 Å². The van der Waals surface area contributed by atoms with E-state index in [9.17, 15) is 0 Å². The third-order valence-corrected chi connectivity index (χ3v) is 3.54. The Balaban J connectivity index is 1.90. The number of hydrogen-bond acceptors (Lipinski definition) is 3. The van der Waals surface area contributed by atoms with E-state index in [1.54, 1.807) is 6.07 Å². The maximum atomic E-state index is 6.01. The largest absolute Gasteiger partial charge is 0.493 e. The molecule has 0 spiro atoms. The minimum atomic E-state index is 0.200. The number of nitrogen functional groups attached to an aromatic ring is 1. The van der Waals surface area contributed by atoms with Gasteiger partial charge in [0.05, 0.1) is 24.0 Å². The molecule has 0 radical (unpaired) electrons. The third-order valence-electron chi connectivity index (χ3n) is 3.30. The summed E-state index contributed by atoms with van der Waals surface area (Å²) in [5.74, 6) is 0.937. The summed E-state index contributed by atoms with van der Waals surface area (Å²) in [6.45, 7) is 0.704. The number of ether oxygens (including phenoxy) is 1. The fourth-order valence-electron chi connectivity index (χ4n) is 2.33. The molecule has 0 saturated heterocycles. The van der Waals surface area contributed by atoms with E-state index in [1.165, 1.54) is 0 Å². The zero-order valence-corrected chi connectivity index (χ0v) is 11.2. The highest BCUT2D eigenvalue weighted by molar-refractivity contribution is 6.31. The normalized spacial score (nSPS) is 17.4. The Morgan fingerprint density at radius 1 is 1.21 bits per heavy atom. The number of nitrogens with two attached hydrogens (primary N) is 1. The van der Waals surface area contributed by atoms with Crippen molar-refractivity contribution in [2.75, 3.05) is 17.7 Å². The van der Waals surface area contributed by atoms with Gasteiger partial charge in [-0.1, -0.05) is 29.8 Å². The smallest absolute Gasteiger partial charge is 0.124 e. The van der Waals surface area contributed by atoms with Crippen LogP contribution in [0.4, 0.5) is 11.4 Å². The molecule has 3 nitrogen and oxygen atoms in total. The predicted octanol–water partition coefficient (Wildman–Crippen LogP) is 3.86.